The normalized spacial score (nSPS) is 15.0. The monoisotopic (exact) mass is 376 g/mol. The van der Waals surface area contributed by atoms with Gasteiger partial charge in [0.15, 0.2) is 11.6 Å². The summed E-state index contributed by atoms with van der Waals surface area (Å²) < 4.78 is 28.7. The average molecular weight is 378 g/mol. The fraction of sp³-hybridized carbons (Fsp3) is 0.333. The summed E-state index contributed by atoms with van der Waals surface area (Å²) in [7, 11) is 0. The van der Waals surface area contributed by atoms with E-state index < -0.39 is 11.6 Å². The Kier molecular flexibility index (Phi) is 6.84. The van der Waals surface area contributed by atoms with E-state index in [9.17, 15) is 8.78 Å². The van der Waals surface area contributed by atoms with Gasteiger partial charge in [-0.2, -0.15) is 3.69 Å². The first-order valence-electron chi connectivity index (χ1n) is 7.77. The zero-order valence-corrected chi connectivity index (χ0v) is 15.7. The highest BCUT2D eigenvalue weighted by Crippen LogP contribution is 2.27. The van der Waals surface area contributed by atoms with Crippen molar-refractivity contribution in [2.75, 3.05) is 0 Å². The average Bonchev–Trinajstić information content (AvgIpc) is 2.52. The molecule has 1 aliphatic rings. The molecule has 4 heteroatoms. The summed E-state index contributed by atoms with van der Waals surface area (Å²) in [5, 5.41) is 0. The first-order valence-corrected chi connectivity index (χ1v) is 9.29. The quantitative estimate of drug-likeness (QED) is 0.638. The molecule has 2 aromatic carbocycles. The molecule has 2 aromatic rings. The van der Waals surface area contributed by atoms with Gasteiger partial charge in [0.1, 0.15) is 0 Å². The molecule has 0 nitrogen and oxygen atoms in total. The van der Waals surface area contributed by atoms with Crippen molar-refractivity contribution in [3.8, 4) is 11.1 Å². The van der Waals surface area contributed by atoms with E-state index >= 15 is 0 Å². The van der Waals surface area contributed by atoms with Gasteiger partial charge in [-0.1, -0.05) is 62.4 Å². The molecule has 0 spiro atoms. The Bertz CT molecular complexity index is 607. The predicted molar refractivity (Wildman–Crippen MR) is 94.3 cm³/mol. The third-order valence-corrected chi connectivity index (χ3v) is 6.79. The Labute approximate surface area is 150 Å². The minimum atomic E-state index is -0.792. The van der Waals surface area contributed by atoms with E-state index in [0.717, 1.165) is 15.2 Å². The third-order valence-electron chi connectivity index (χ3n) is 4.46. The largest absolute Gasteiger partial charge is 0.412 e. The molecular weight excluding hydrogens is 358 g/mol. The first-order chi connectivity index (χ1) is 10.2. The topological polar surface area (TPSA) is 0 Å². The minimum absolute atomic E-state index is 0. The van der Waals surface area contributed by atoms with E-state index in [4.69, 9.17) is 0 Å². The highest BCUT2D eigenvalue weighted by Gasteiger charge is 2.16. The van der Waals surface area contributed by atoms with Crippen LogP contribution in [0.15, 0.2) is 42.5 Å². The molecule has 0 aliphatic heterocycles. The summed E-state index contributed by atoms with van der Waals surface area (Å²) in [6.45, 7) is 0. The van der Waals surface area contributed by atoms with Gasteiger partial charge in [0.2, 0.25) is 0 Å². The lowest BCUT2D eigenvalue weighted by molar-refractivity contribution is 0.502. The van der Waals surface area contributed by atoms with Crippen molar-refractivity contribution in [1.82, 2.24) is 0 Å². The van der Waals surface area contributed by atoms with Gasteiger partial charge < -0.3 is 0 Å². The lowest BCUT2D eigenvalue weighted by Gasteiger charge is -2.21. The van der Waals surface area contributed by atoms with Gasteiger partial charge in [0, 0.05) is 0 Å². The molecule has 1 aliphatic carbocycles. The first kappa shape index (κ1) is 17.9. The molecule has 0 N–H and O–H groups in total. The maximum atomic E-state index is 13.3. The second-order valence-electron chi connectivity index (χ2n) is 6.03. The number of hydrogen-bond donors (Lipinski definition) is 0. The SMILES string of the molecule is Br.Fc1ccc(-c2cc[c]([Mg][CH]3CCCCC3)cc2)cc1F. The van der Waals surface area contributed by atoms with Gasteiger partial charge in [0.05, 0.1) is 0 Å². The molecule has 0 heterocycles. The number of hydrogen-bond acceptors (Lipinski definition) is 0. The van der Waals surface area contributed by atoms with Crippen LogP contribution in [0.5, 0.6) is 0 Å². The summed E-state index contributed by atoms with van der Waals surface area (Å²) in [6.07, 6.45) is 6.99. The standard InChI is InChI=1S/C12H7F2.C6H11.BrH.Mg/c13-11-7-6-10(8-12(11)14)9-4-2-1-3-5-9;1-2-4-6-5-3-1;;/h2-8H;1H,2-6H2;1H;. The predicted octanol–water partition coefficient (Wildman–Crippen LogP) is 5.29. The lowest BCUT2D eigenvalue weighted by Crippen LogP contribution is -2.21. The van der Waals surface area contributed by atoms with E-state index in [2.05, 4.69) is 12.1 Å². The Morgan fingerprint density at radius 1 is 0.773 bits per heavy atom. The van der Waals surface area contributed by atoms with Crippen LogP contribution in [0.2, 0.25) is 4.05 Å². The van der Waals surface area contributed by atoms with Crippen LogP contribution in [0.1, 0.15) is 32.1 Å². The molecule has 3 rings (SSSR count). The zero-order valence-electron chi connectivity index (χ0n) is 12.5. The third kappa shape index (κ3) is 4.52. The Hall–Kier alpha value is -0.454. The van der Waals surface area contributed by atoms with Gasteiger partial charge in [0.25, 0.3) is 0 Å². The molecular formula is C18H19BrF2Mg. The van der Waals surface area contributed by atoms with Crippen LogP contribution in [0.3, 0.4) is 0 Å². The summed E-state index contributed by atoms with van der Waals surface area (Å²) >= 11 is -0.201. The Morgan fingerprint density at radius 2 is 1.41 bits per heavy atom. The van der Waals surface area contributed by atoms with E-state index in [0.29, 0.717) is 0 Å². The summed E-state index contributed by atoms with van der Waals surface area (Å²) in [4.78, 5) is 0. The molecule has 0 amide bonds. The van der Waals surface area contributed by atoms with E-state index in [1.807, 2.05) is 12.1 Å². The fourth-order valence-corrected chi connectivity index (χ4v) is 5.39. The molecule has 0 bridgehead atoms. The van der Waals surface area contributed by atoms with E-state index in [1.165, 1.54) is 47.9 Å². The van der Waals surface area contributed by atoms with E-state index in [-0.39, 0.29) is 37.3 Å². The van der Waals surface area contributed by atoms with Crippen LogP contribution in [0, 0.1) is 11.6 Å². The van der Waals surface area contributed by atoms with Crippen molar-refractivity contribution >= 4 is 41.0 Å². The van der Waals surface area contributed by atoms with Crippen LogP contribution in [0.4, 0.5) is 8.78 Å². The number of benzene rings is 2. The number of halogens is 3. The molecule has 22 heavy (non-hydrogen) atoms. The van der Waals surface area contributed by atoms with Crippen molar-refractivity contribution < 1.29 is 8.78 Å². The highest BCUT2D eigenvalue weighted by molar-refractivity contribution is 8.93. The van der Waals surface area contributed by atoms with Crippen molar-refractivity contribution in [3.63, 3.8) is 0 Å². The molecule has 0 aromatic heterocycles. The van der Waals surface area contributed by atoms with Crippen molar-refractivity contribution in [1.29, 1.82) is 0 Å². The van der Waals surface area contributed by atoms with Crippen LogP contribution in [0.25, 0.3) is 11.1 Å². The van der Waals surface area contributed by atoms with Gasteiger partial charge in [-0.25, -0.2) is 8.78 Å². The lowest BCUT2D eigenvalue weighted by atomic mass is 10.00. The summed E-state index contributed by atoms with van der Waals surface area (Å²) in [5.41, 5.74) is 1.69. The van der Waals surface area contributed by atoms with Crippen molar-refractivity contribution in [3.05, 3.63) is 54.1 Å². The summed E-state index contributed by atoms with van der Waals surface area (Å²) in [5.74, 6) is -1.58. The molecule has 114 valence electrons. The molecule has 0 unspecified atom stereocenters. The minimum Gasteiger partial charge on any atom is -0.204 e. The van der Waals surface area contributed by atoms with Gasteiger partial charge in [-0.05, 0) is 23.3 Å². The molecule has 1 saturated carbocycles. The van der Waals surface area contributed by atoms with Crippen molar-refractivity contribution in [2.45, 2.75) is 36.2 Å². The summed E-state index contributed by atoms with van der Waals surface area (Å²) in [6, 6.07) is 12.5. The second-order valence-corrected chi connectivity index (χ2v) is 8.41. The Balaban J connectivity index is 0.00000176. The maximum Gasteiger partial charge on any atom is 0.412 e. The molecule has 0 radical (unpaired) electrons. The van der Waals surface area contributed by atoms with Crippen LogP contribution < -0.4 is 3.69 Å². The van der Waals surface area contributed by atoms with Crippen LogP contribution >= 0.6 is 17.0 Å². The van der Waals surface area contributed by atoms with E-state index in [1.54, 1.807) is 6.07 Å². The maximum absolute atomic E-state index is 13.3. The van der Waals surface area contributed by atoms with Gasteiger partial charge in [-0.3, -0.25) is 0 Å². The second kappa shape index (κ2) is 8.41. The van der Waals surface area contributed by atoms with Crippen LogP contribution in [-0.2, 0) is 0 Å². The van der Waals surface area contributed by atoms with Crippen molar-refractivity contribution in [2.24, 2.45) is 0 Å². The molecule has 1 fully saturated rings. The fourth-order valence-electron chi connectivity index (χ4n) is 3.23. The smallest absolute Gasteiger partial charge is 0.204 e. The zero-order chi connectivity index (χ0) is 14.7. The number of rotatable bonds is 3. The van der Waals surface area contributed by atoms with Gasteiger partial charge >= 0.3 is 20.4 Å². The molecule has 0 atom stereocenters. The van der Waals surface area contributed by atoms with Gasteiger partial charge in [-0.15, -0.1) is 21.0 Å². The highest BCUT2D eigenvalue weighted by atomic mass is 79.9. The Morgan fingerprint density at radius 3 is 2.05 bits per heavy atom. The van der Waals surface area contributed by atoms with Crippen LogP contribution in [-0.4, -0.2) is 20.4 Å². The molecule has 0 saturated heterocycles.